The maximum absolute atomic E-state index is 12.7. The summed E-state index contributed by atoms with van der Waals surface area (Å²) in [4.78, 5) is 36.5. The van der Waals surface area contributed by atoms with Gasteiger partial charge in [-0.15, -0.1) is 0 Å². The Morgan fingerprint density at radius 3 is 2.51 bits per heavy atom. The molecule has 2 amide bonds. The molecular formula is C26H33N3O6. The summed E-state index contributed by atoms with van der Waals surface area (Å²) in [5.74, 6) is -0.0437. The van der Waals surface area contributed by atoms with E-state index in [2.05, 4.69) is 15.8 Å². The molecule has 2 rings (SSSR count). The summed E-state index contributed by atoms with van der Waals surface area (Å²) in [5, 5.41) is 6.71. The Balaban J connectivity index is 1.91. The summed E-state index contributed by atoms with van der Waals surface area (Å²) < 4.78 is 15.8. The molecule has 0 saturated heterocycles. The molecule has 0 bridgehead atoms. The highest BCUT2D eigenvalue weighted by molar-refractivity contribution is 5.89. The van der Waals surface area contributed by atoms with Gasteiger partial charge >= 0.3 is 5.97 Å². The van der Waals surface area contributed by atoms with Gasteiger partial charge in [0.2, 0.25) is 0 Å². The van der Waals surface area contributed by atoms with E-state index in [9.17, 15) is 14.4 Å². The number of hydrazone groups is 1. The molecule has 0 saturated carbocycles. The van der Waals surface area contributed by atoms with Gasteiger partial charge in [-0.2, -0.15) is 5.10 Å². The quantitative estimate of drug-likeness (QED) is 0.257. The topological polar surface area (TPSA) is 115 Å². The first-order valence-corrected chi connectivity index (χ1v) is 11.5. The zero-order valence-electron chi connectivity index (χ0n) is 20.6. The number of amides is 2. The second-order valence-corrected chi connectivity index (χ2v) is 8.20. The van der Waals surface area contributed by atoms with E-state index < -0.39 is 23.8 Å². The number of carbonyl (C=O) groups is 3. The number of hydrogen-bond donors (Lipinski definition) is 2. The first-order chi connectivity index (χ1) is 16.8. The van der Waals surface area contributed by atoms with Crippen LogP contribution in [-0.4, -0.2) is 49.9 Å². The van der Waals surface area contributed by atoms with Crippen molar-refractivity contribution in [2.75, 3.05) is 19.8 Å². The molecule has 0 aromatic heterocycles. The summed E-state index contributed by atoms with van der Waals surface area (Å²) in [6.07, 6.45) is 1.89. The molecule has 9 heteroatoms. The normalized spacial score (nSPS) is 11.7. The van der Waals surface area contributed by atoms with Gasteiger partial charge in [-0.1, -0.05) is 44.2 Å². The third-order valence-corrected chi connectivity index (χ3v) is 4.72. The highest BCUT2D eigenvalue weighted by Crippen LogP contribution is 2.16. The van der Waals surface area contributed by atoms with Crippen LogP contribution in [0, 0.1) is 12.8 Å². The summed E-state index contributed by atoms with van der Waals surface area (Å²) in [5.41, 5.74) is 4.04. The lowest BCUT2D eigenvalue weighted by Crippen LogP contribution is -2.47. The Morgan fingerprint density at radius 2 is 1.80 bits per heavy atom. The van der Waals surface area contributed by atoms with E-state index in [0.717, 1.165) is 5.56 Å². The van der Waals surface area contributed by atoms with Gasteiger partial charge in [0.05, 0.1) is 12.8 Å². The number of ether oxygens (including phenoxy) is 3. The largest absolute Gasteiger partial charge is 0.484 e. The van der Waals surface area contributed by atoms with Gasteiger partial charge in [0.1, 0.15) is 17.5 Å². The number of benzene rings is 2. The van der Waals surface area contributed by atoms with E-state index in [4.69, 9.17) is 14.2 Å². The fraction of sp³-hybridized carbons (Fsp3) is 0.385. The highest BCUT2D eigenvalue weighted by Gasteiger charge is 2.22. The zero-order valence-corrected chi connectivity index (χ0v) is 20.6. The number of nitrogens with one attached hydrogen (secondary N) is 2. The summed E-state index contributed by atoms with van der Waals surface area (Å²) >= 11 is 0. The van der Waals surface area contributed by atoms with Gasteiger partial charge in [0, 0.05) is 0 Å². The van der Waals surface area contributed by atoms with Crippen molar-refractivity contribution in [2.45, 2.75) is 40.2 Å². The summed E-state index contributed by atoms with van der Waals surface area (Å²) in [6.45, 7) is 7.42. The van der Waals surface area contributed by atoms with E-state index in [1.54, 1.807) is 37.3 Å². The lowest BCUT2D eigenvalue weighted by molar-refractivity contribution is -0.145. The van der Waals surface area contributed by atoms with Crippen LogP contribution in [0.2, 0.25) is 0 Å². The van der Waals surface area contributed by atoms with Crippen LogP contribution in [0.15, 0.2) is 53.6 Å². The Kier molecular flexibility index (Phi) is 11.3. The maximum atomic E-state index is 12.7. The molecule has 0 fully saturated rings. The first kappa shape index (κ1) is 27.4. The van der Waals surface area contributed by atoms with Gasteiger partial charge in [0.15, 0.2) is 13.2 Å². The van der Waals surface area contributed by atoms with Crippen LogP contribution in [0.3, 0.4) is 0 Å². The minimum absolute atomic E-state index is 0.167. The van der Waals surface area contributed by atoms with Crippen LogP contribution in [-0.2, 0) is 19.1 Å². The molecule has 9 nitrogen and oxygen atoms in total. The predicted octanol–water partition coefficient (Wildman–Crippen LogP) is 3.00. The van der Waals surface area contributed by atoms with Crippen molar-refractivity contribution in [1.82, 2.24) is 10.7 Å². The third-order valence-electron chi connectivity index (χ3n) is 4.72. The van der Waals surface area contributed by atoms with E-state index in [0.29, 0.717) is 23.5 Å². The molecule has 2 aromatic carbocycles. The number of esters is 1. The van der Waals surface area contributed by atoms with Crippen molar-refractivity contribution in [3.63, 3.8) is 0 Å². The van der Waals surface area contributed by atoms with Crippen LogP contribution >= 0.6 is 0 Å². The van der Waals surface area contributed by atoms with Crippen molar-refractivity contribution >= 4 is 24.0 Å². The van der Waals surface area contributed by atoms with Crippen LogP contribution in [0.1, 0.15) is 38.3 Å². The van der Waals surface area contributed by atoms with Gasteiger partial charge in [-0.3, -0.25) is 9.59 Å². The number of nitrogens with zero attached hydrogens (tertiary/aromatic N) is 1. The molecule has 35 heavy (non-hydrogen) atoms. The van der Waals surface area contributed by atoms with Crippen LogP contribution in [0.4, 0.5) is 0 Å². The Hall–Kier alpha value is -3.88. The molecule has 2 aromatic rings. The van der Waals surface area contributed by atoms with Crippen molar-refractivity contribution < 1.29 is 28.6 Å². The van der Waals surface area contributed by atoms with Crippen molar-refractivity contribution in [1.29, 1.82) is 0 Å². The Morgan fingerprint density at radius 1 is 1.03 bits per heavy atom. The molecule has 0 aliphatic rings. The van der Waals surface area contributed by atoms with Gasteiger partial charge in [-0.25, -0.2) is 10.2 Å². The lowest BCUT2D eigenvalue weighted by atomic mass is 10.0. The molecule has 0 spiro atoms. The van der Waals surface area contributed by atoms with E-state index in [1.807, 2.05) is 39.0 Å². The fourth-order valence-corrected chi connectivity index (χ4v) is 3.08. The van der Waals surface area contributed by atoms with E-state index in [-0.39, 0.29) is 25.7 Å². The van der Waals surface area contributed by atoms with E-state index in [1.165, 1.54) is 6.21 Å². The van der Waals surface area contributed by atoms with Crippen molar-refractivity contribution in [2.24, 2.45) is 11.0 Å². The number of carbonyl (C=O) groups excluding carboxylic acids is 3. The number of para-hydroxylation sites is 1. The second kappa shape index (κ2) is 14.4. The first-order valence-electron chi connectivity index (χ1n) is 11.5. The number of hydrogen-bond acceptors (Lipinski definition) is 7. The molecular weight excluding hydrogens is 450 g/mol. The molecule has 188 valence electrons. The predicted molar refractivity (Wildman–Crippen MR) is 132 cm³/mol. The van der Waals surface area contributed by atoms with Gasteiger partial charge in [0.25, 0.3) is 11.8 Å². The molecule has 0 aliphatic carbocycles. The molecule has 0 aliphatic heterocycles. The standard InChI is InChI=1S/C26H33N3O6/c1-5-33-25(31)17-34-21-11-8-10-20(14-21)15-27-29-26(32)22(13-18(2)3)28-24(30)16-35-23-12-7-6-9-19(23)4/h6-12,14-15,18,22H,5,13,16-17H2,1-4H3,(H,28,30)(H,29,32)/b27-15-/t22-/m0/s1. The average Bonchev–Trinajstić information content (AvgIpc) is 2.82. The monoisotopic (exact) mass is 483 g/mol. The van der Waals surface area contributed by atoms with Gasteiger partial charge in [-0.05, 0) is 55.5 Å². The smallest absolute Gasteiger partial charge is 0.344 e. The Labute approximate surface area is 205 Å². The molecule has 0 unspecified atom stereocenters. The van der Waals surface area contributed by atoms with Crippen LogP contribution in [0.5, 0.6) is 11.5 Å². The average molecular weight is 484 g/mol. The van der Waals surface area contributed by atoms with Crippen molar-refractivity contribution in [3.05, 3.63) is 59.7 Å². The lowest BCUT2D eigenvalue weighted by Gasteiger charge is -2.19. The number of rotatable bonds is 13. The number of aryl methyl sites for hydroxylation is 1. The molecule has 1 atom stereocenters. The minimum Gasteiger partial charge on any atom is -0.484 e. The zero-order chi connectivity index (χ0) is 25.6. The highest BCUT2D eigenvalue weighted by atomic mass is 16.6. The third kappa shape index (κ3) is 10.3. The fourth-order valence-electron chi connectivity index (χ4n) is 3.08. The minimum atomic E-state index is -0.764. The summed E-state index contributed by atoms with van der Waals surface area (Å²) in [6, 6.07) is 13.5. The maximum Gasteiger partial charge on any atom is 0.344 e. The van der Waals surface area contributed by atoms with Crippen LogP contribution in [0.25, 0.3) is 0 Å². The molecule has 2 N–H and O–H groups in total. The van der Waals surface area contributed by atoms with Crippen LogP contribution < -0.4 is 20.2 Å². The second-order valence-electron chi connectivity index (χ2n) is 8.20. The SMILES string of the molecule is CCOC(=O)COc1cccc(/C=N\NC(=O)[C@H](CC(C)C)NC(=O)COc2ccccc2C)c1. The molecule has 0 heterocycles. The molecule has 0 radical (unpaired) electrons. The van der Waals surface area contributed by atoms with E-state index >= 15 is 0 Å². The van der Waals surface area contributed by atoms with Crippen molar-refractivity contribution in [3.8, 4) is 11.5 Å². The Bertz CT molecular complexity index is 1020. The summed E-state index contributed by atoms with van der Waals surface area (Å²) in [7, 11) is 0. The van der Waals surface area contributed by atoms with Gasteiger partial charge < -0.3 is 19.5 Å².